The van der Waals surface area contributed by atoms with Crippen LogP contribution in [-0.2, 0) is 20.0 Å². The number of nitrogens with zero attached hydrogens (tertiary/aromatic N) is 2. The zero-order valence-corrected chi connectivity index (χ0v) is 17.7. The SMILES string of the molecule is CC[N+]1(CC)CCCCC1.O=S(=O)([N-]S(=O)(=O)C(F)(F)C(F)(F)F)C(F)(F)C(F)(F)F. The summed E-state index contributed by atoms with van der Waals surface area (Å²) in [4.78, 5) is 0. The lowest BCUT2D eigenvalue weighted by atomic mass is 10.1. The second-order valence-corrected chi connectivity index (χ2v) is 10.1. The van der Waals surface area contributed by atoms with Crippen LogP contribution in [0.4, 0.5) is 43.9 Å². The number of sulfonamides is 2. The number of piperidine rings is 1. The molecule has 0 aromatic rings. The van der Waals surface area contributed by atoms with Crippen LogP contribution in [0.25, 0.3) is 4.13 Å². The molecule has 1 rings (SSSR count). The van der Waals surface area contributed by atoms with E-state index in [9.17, 15) is 60.7 Å². The summed E-state index contributed by atoms with van der Waals surface area (Å²) < 4.78 is 162. The van der Waals surface area contributed by atoms with Gasteiger partial charge >= 0.3 is 22.9 Å². The number of hydrogen-bond donors (Lipinski definition) is 0. The Kier molecular flexibility index (Phi) is 9.27. The third kappa shape index (κ3) is 6.56. The Hall–Kier alpha value is -0.880. The van der Waals surface area contributed by atoms with Crippen LogP contribution in [0.2, 0.25) is 0 Å². The molecule has 0 bridgehead atoms. The molecule has 1 aliphatic heterocycles. The molecule has 18 heteroatoms. The molecule has 0 saturated carbocycles. The van der Waals surface area contributed by atoms with Gasteiger partial charge in [0.05, 0.1) is 26.2 Å². The Morgan fingerprint density at radius 1 is 0.645 bits per heavy atom. The molecule has 6 nitrogen and oxygen atoms in total. The standard InChI is InChI=1S/C9H20N.C4F10NO4S2/c1-3-10(4-2)8-6-5-7-9-10;5-1(6,7)3(11,12)20(16,17)15-21(18,19)4(13,14)2(8,9)10/h3-9H2,1-2H3;/q+1;-1. The van der Waals surface area contributed by atoms with Gasteiger partial charge in [0.2, 0.25) is 0 Å². The van der Waals surface area contributed by atoms with E-state index in [1.807, 2.05) is 0 Å². The summed E-state index contributed by atoms with van der Waals surface area (Å²) in [5, 5.41) is -14.0. The maximum atomic E-state index is 12.3. The molecule has 1 aliphatic rings. The molecule has 0 N–H and O–H groups in total. The van der Waals surface area contributed by atoms with Crippen molar-refractivity contribution in [3.05, 3.63) is 4.13 Å². The normalized spacial score (nSPS) is 18.8. The average molecular weight is 522 g/mol. The van der Waals surface area contributed by atoms with Crippen molar-refractivity contribution < 1.29 is 65.2 Å². The fourth-order valence-corrected chi connectivity index (χ4v) is 4.92. The minimum absolute atomic E-state index is 0.422. The zero-order valence-electron chi connectivity index (χ0n) is 16.1. The van der Waals surface area contributed by atoms with Crippen LogP contribution in [0.3, 0.4) is 0 Å². The van der Waals surface area contributed by atoms with Gasteiger partial charge in [0.15, 0.2) is 20.0 Å². The Balaban J connectivity index is 0.000000743. The van der Waals surface area contributed by atoms with Crippen LogP contribution in [0, 0.1) is 0 Å². The van der Waals surface area contributed by atoms with Crippen LogP contribution < -0.4 is 0 Å². The summed E-state index contributed by atoms with van der Waals surface area (Å²) in [6.45, 7) is 10.2. The fourth-order valence-electron chi connectivity index (χ4n) is 2.55. The first-order valence-corrected chi connectivity index (χ1v) is 11.4. The topological polar surface area (TPSA) is 82.4 Å². The monoisotopic (exact) mass is 522 g/mol. The molecule has 0 spiro atoms. The van der Waals surface area contributed by atoms with E-state index < -0.39 is 42.9 Å². The van der Waals surface area contributed by atoms with Crippen LogP contribution in [0.15, 0.2) is 0 Å². The molecule has 188 valence electrons. The molecular weight excluding hydrogens is 502 g/mol. The van der Waals surface area contributed by atoms with E-state index in [1.54, 1.807) is 0 Å². The molecule has 0 aliphatic carbocycles. The summed E-state index contributed by atoms with van der Waals surface area (Å²) in [5.74, 6) is 0. The van der Waals surface area contributed by atoms with Crippen molar-refractivity contribution in [1.29, 1.82) is 0 Å². The largest absolute Gasteiger partial charge is 0.467 e. The molecular formula is C13H20F10N2O4S2. The second kappa shape index (κ2) is 9.54. The first-order chi connectivity index (χ1) is 13.5. The van der Waals surface area contributed by atoms with Crippen molar-refractivity contribution in [2.24, 2.45) is 0 Å². The lowest BCUT2D eigenvalue weighted by Crippen LogP contribution is -2.50. The predicted octanol–water partition coefficient (Wildman–Crippen LogP) is 4.36. The van der Waals surface area contributed by atoms with E-state index in [-0.39, 0.29) is 0 Å². The number of halogens is 10. The Bertz CT molecular complexity index is 741. The highest BCUT2D eigenvalue weighted by Gasteiger charge is 2.68. The Labute approximate surface area is 172 Å². The van der Waals surface area contributed by atoms with Crippen LogP contribution in [-0.4, -0.2) is 70.4 Å². The maximum Gasteiger partial charge on any atom is 0.467 e. The van der Waals surface area contributed by atoms with Crippen LogP contribution in [0.1, 0.15) is 33.1 Å². The summed E-state index contributed by atoms with van der Waals surface area (Å²) in [6, 6.07) is 0. The highest BCUT2D eigenvalue weighted by molar-refractivity contribution is 8.13. The quantitative estimate of drug-likeness (QED) is 0.384. The summed E-state index contributed by atoms with van der Waals surface area (Å²) in [5.41, 5.74) is 0. The Morgan fingerprint density at radius 3 is 1.13 bits per heavy atom. The van der Waals surface area contributed by atoms with Gasteiger partial charge in [-0.3, -0.25) is 0 Å². The number of likely N-dealkylation sites (tertiary alicyclic amines) is 1. The van der Waals surface area contributed by atoms with Crippen molar-refractivity contribution in [3.8, 4) is 0 Å². The molecule has 0 aromatic heterocycles. The molecule has 1 saturated heterocycles. The lowest BCUT2D eigenvalue weighted by molar-refractivity contribution is -0.929. The molecule has 1 heterocycles. The number of hydrogen-bond acceptors (Lipinski definition) is 4. The van der Waals surface area contributed by atoms with E-state index in [4.69, 9.17) is 0 Å². The third-order valence-corrected chi connectivity index (χ3v) is 7.94. The van der Waals surface area contributed by atoms with E-state index in [2.05, 4.69) is 13.8 Å². The maximum absolute atomic E-state index is 12.3. The lowest BCUT2D eigenvalue weighted by Gasteiger charge is -2.39. The van der Waals surface area contributed by atoms with Crippen molar-refractivity contribution in [2.75, 3.05) is 26.2 Å². The van der Waals surface area contributed by atoms with Gasteiger partial charge < -0.3 is 8.61 Å². The van der Waals surface area contributed by atoms with E-state index in [1.165, 1.54) is 49.9 Å². The van der Waals surface area contributed by atoms with Gasteiger partial charge in [-0.25, -0.2) is 16.8 Å². The summed E-state index contributed by atoms with van der Waals surface area (Å²) in [7, 11) is -15.2. The van der Waals surface area contributed by atoms with Gasteiger partial charge in [-0.05, 0) is 33.1 Å². The van der Waals surface area contributed by atoms with Crippen LogP contribution in [0.5, 0.6) is 0 Å². The van der Waals surface area contributed by atoms with E-state index in [0.717, 1.165) is 0 Å². The first kappa shape index (κ1) is 30.1. The van der Waals surface area contributed by atoms with Crippen molar-refractivity contribution >= 4 is 20.0 Å². The molecule has 0 atom stereocenters. The molecule has 0 radical (unpaired) electrons. The van der Waals surface area contributed by atoms with Gasteiger partial charge in [0.1, 0.15) is 0 Å². The molecule has 31 heavy (non-hydrogen) atoms. The number of rotatable bonds is 6. The fraction of sp³-hybridized carbons (Fsp3) is 1.00. The highest BCUT2D eigenvalue weighted by atomic mass is 32.3. The van der Waals surface area contributed by atoms with Crippen LogP contribution >= 0.6 is 0 Å². The second-order valence-electron chi connectivity index (χ2n) is 6.54. The molecule has 1 fully saturated rings. The Morgan fingerprint density at radius 2 is 0.935 bits per heavy atom. The highest BCUT2D eigenvalue weighted by Crippen LogP contribution is 2.47. The molecule has 0 unspecified atom stereocenters. The van der Waals surface area contributed by atoms with Crippen molar-refractivity contribution in [2.45, 2.75) is 56.0 Å². The first-order valence-electron chi connectivity index (χ1n) is 8.51. The van der Waals surface area contributed by atoms with Crippen molar-refractivity contribution in [1.82, 2.24) is 0 Å². The van der Waals surface area contributed by atoms with Gasteiger partial charge in [-0.2, -0.15) is 43.9 Å². The van der Waals surface area contributed by atoms with Gasteiger partial charge in [-0.1, -0.05) is 0 Å². The molecule has 0 aromatic carbocycles. The minimum atomic E-state index is -7.62. The summed E-state index contributed by atoms with van der Waals surface area (Å²) in [6.07, 6.45) is -9.61. The minimum Gasteiger partial charge on any atom is -0.425 e. The average Bonchev–Trinajstić information content (AvgIpc) is 2.59. The zero-order chi connectivity index (χ0) is 25.2. The van der Waals surface area contributed by atoms with E-state index >= 15 is 0 Å². The number of alkyl halides is 10. The smallest absolute Gasteiger partial charge is 0.425 e. The number of quaternary nitrogens is 1. The third-order valence-electron chi connectivity index (χ3n) is 4.61. The van der Waals surface area contributed by atoms with E-state index in [0.29, 0.717) is 4.13 Å². The molecule has 0 amide bonds. The van der Waals surface area contributed by atoms with Crippen molar-refractivity contribution in [3.63, 3.8) is 0 Å². The van der Waals surface area contributed by atoms with Gasteiger partial charge in [-0.15, -0.1) is 0 Å². The predicted molar refractivity (Wildman–Crippen MR) is 88.1 cm³/mol. The van der Waals surface area contributed by atoms with Gasteiger partial charge in [0, 0.05) is 0 Å². The van der Waals surface area contributed by atoms with Gasteiger partial charge in [0.25, 0.3) is 0 Å². The summed E-state index contributed by atoms with van der Waals surface area (Å²) >= 11 is 0.